The maximum atomic E-state index is 11.3. The van der Waals surface area contributed by atoms with Crippen LogP contribution in [0, 0.1) is 0 Å². The second-order valence-electron chi connectivity index (χ2n) is 4.28. The summed E-state index contributed by atoms with van der Waals surface area (Å²) in [5.74, 6) is 2.42. The van der Waals surface area contributed by atoms with Crippen molar-refractivity contribution >= 4 is 28.9 Å². The van der Waals surface area contributed by atoms with E-state index in [1.165, 1.54) is 12.2 Å². The number of ketones is 1. The highest BCUT2D eigenvalue weighted by atomic mass is 32.2. The first-order chi connectivity index (χ1) is 8.18. The average Bonchev–Trinajstić information content (AvgIpc) is 2.56. The van der Waals surface area contributed by atoms with E-state index in [0.29, 0.717) is 11.3 Å². The van der Waals surface area contributed by atoms with Gasteiger partial charge in [-0.25, -0.2) is 0 Å². The summed E-state index contributed by atoms with van der Waals surface area (Å²) in [4.78, 5) is 13.7. The molecule has 1 aliphatic rings. The number of hydrogen-bond acceptors (Lipinski definition) is 4. The van der Waals surface area contributed by atoms with Crippen LogP contribution >= 0.6 is 11.8 Å². The van der Waals surface area contributed by atoms with Gasteiger partial charge in [0.1, 0.15) is 0 Å². The third-order valence-electron chi connectivity index (χ3n) is 3.00. The first-order valence-electron chi connectivity index (χ1n) is 5.91. The van der Waals surface area contributed by atoms with Crippen molar-refractivity contribution in [1.29, 1.82) is 0 Å². The molecule has 92 valence electrons. The summed E-state index contributed by atoms with van der Waals surface area (Å²) < 4.78 is 0. The van der Waals surface area contributed by atoms with Crippen LogP contribution in [-0.2, 0) is 0 Å². The van der Waals surface area contributed by atoms with E-state index in [1.807, 2.05) is 30.0 Å². The number of rotatable bonds is 2. The van der Waals surface area contributed by atoms with Crippen LogP contribution in [0.2, 0.25) is 0 Å². The molecular formula is C13H18N2OS. The lowest BCUT2D eigenvalue weighted by Gasteiger charge is -2.23. The summed E-state index contributed by atoms with van der Waals surface area (Å²) >= 11 is 2.00. The van der Waals surface area contributed by atoms with Crippen molar-refractivity contribution in [3.8, 4) is 0 Å². The SMILES string of the molecule is CC(=O)c1ccc(N2CCCSCC2)cc1N. The minimum Gasteiger partial charge on any atom is -0.398 e. The van der Waals surface area contributed by atoms with Crippen LogP contribution in [0.15, 0.2) is 18.2 Å². The zero-order chi connectivity index (χ0) is 12.3. The Balaban J connectivity index is 2.21. The molecule has 0 atom stereocenters. The van der Waals surface area contributed by atoms with E-state index in [-0.39, 0.29) is 5.78 Å². The first-order valence-corrected chi connectivity index (χ1v) is 7.07. The molecule has 1 aromatic carbocycles. The van der Waals surface area contributed by atoms with Crippen molar-refractivity contribution in [3.63, 3.8) is 0 Å². The monoisotopic (exact) mass is 250 g/mol. The summed E-state index contributed by atoms with van der Waals surface area (Å²) in [6, 6.07) is 5.76. The van der Waals surface area contributed by atoms with Gasteiger partial charge in [0.15, 0.2) is 5.78 Å². The molecule has 0 aromatic heterocycles. The van der Waals surface area contributed by atoms with Gasteiger partial charge >= 0.3 is 0 Å². The molecule has 1 aliphatic heterocycles. The molecule has 0 spiro atoms. The van der Waals surface area contributed by atoms with Crippen molar-refractivity contribution in [1.82, 2.24) is 0 Å². The van der Waals surface area contributed by atoms with Gasteiger partial charge in [-0.1, -0.05) is 0 Å². The zero-order valence-corrected chi connectivity index (χ0v) is 10.9. The predicted octanol–water partition coefficient (Wildman–Crippen LogP) is 2.41. The number of nitrogen functional groups attached to an aromatic ring is 1. The molecule has 0 radical (unpaired) electrons. The highest BCUT2D eigenvalue weighted by Crippen LogP contribution is 2.24. The standard InChI is InChI=1S/C13H18N2OS/c1-10(16)12-4-3-11(9-13(12)14)15-5-2-7-17-8-6-15/h3-4,9H,2,5-8,14H2,1H3. The number of carbonyl (C=O) groups excluding carboxylic acids is 1. The number of hydrogen-bond donors (Lipinski definition) is 1. The minimum absolute atomic E-state index is 0.0282. The third-order valence-corrected chi connectivity index (χ3v) is 4.05. The number of benzene rings is 1. The largest absolute Gasteiger partial charge is 0.398 e. The molecule has 1 aromatic rings. The molecule has 2 N–H and O–H groups in total. The fourth-order valence-corrected chi connectivity index (χ4v) is 2.96. The molecule has 1 fully saturated rings. The molecule has 0 aliphatic carbocycles. The highest BCUT2D eigenvalue weighted by Gasteiger charge is 2.12. The predicted molar refractivity (Wildman–Crippen MR) is 75.0 cm³/mol. The molecule has 4 heteroatoms. The van der Waals surface area contributed by atoms with Crippen LogP contribution in [-0.4, -0.2) is 30.4 Å². The molecule has 0 unspecified atom stereocenters. The summed E-state index contributed by atoms with van der Waals surface area (Å²) in [7, 11) is 0. The zero-order valence-electron chi connectivity index (χ0n) is 10.1. The van der Waals surface area contributed by atoms with E-state index in [0.717, 1.165) is 24.5 Å². The smallest absolute Gasteiger partial charge is 0.161 e. The summed E-state index contributed by atoms with van der Waals surface area (Å²) in [5.41, 5.74) is 8.26. The van der Waals surface area contributed by atoms with Crippen LogP contribution in [0.4, 0.5) is 11.4 Å². The molecule has 1 saturated heterocycles. The molecule has 3 nitrogen and oxygen atoms in total. The summed E-state index contributed by atoms with van der Waals surface area (Å²) in [6.45, 7) is 3.68. The van der Waals surface area contributed by atoms with Gasteiger partial charge < -0.3 is 10.6 Å². The Hall–Kier alpha value is -1.16. The number of carbonyl (C=O) groups is 1. The minimum atomic E-state index is 0.0282. The van der Waals surface area contributed by atoms with Gasteiger partial charge in [-0.15, -0.1) is 0 Å². The molecule has 1 heterocycles. The fraction of sp³-hybridized carbons (Fsp3) is 0.462. The number of nitrogens with zero attached hydrogens (tertiary/aromatic N) is 1. The Kier molecular flexibility index (Phi) is 3.94. The average molecular weight is 250 g/mol. The van der Waals surface area contributed by atoms with Gasteiger partial charge in [0.2, 0.25) is 0 Å². The number of nitrogens with two attached hydrogens (primary N) is 1. The van der Waals surface area contributed by atoms with Crippen molar-refractivity contribution in [2.75, 3.05) is 35.2 Å². The number of thioether (sulfide) groups is 1. The van der Waals surface area contributed by atoms with Crippen LogP contribution < -0.4 is 10.6 Å². The number of anilines is 2. The van der Waals surface area contributed by atoms with Gasteiger partial charge in [-0.05, 0) is 37.3 Å². The second kappa shape index (κ2) is 5.45. The third kappa shape index (κ3) is 2.94. The van der Waals surface area contributed by atoms with Crippen LogP contribution in [0.5, 0.6) is 0 Å². The Bertz CT molecular complexity index is 412. The van der Waals surface area contributed by atoms with E-state index in [2.05, 4.69) is 4.90 Å². The van der Waals surface area contributed by atoms with Gasteiger partial charge in [-0.3, -0.25) is 4.79 Å². The fourth-order valence-electron chi connectivity index (χ4n) is 2.07. The Morgan fingerprint density at radius 3 is 2.88 bits per heavy atom. The Morgan fingerprint density at radius 1 is 1.35 bits per heavy atom. The Morgan fingerprint density at radius 2 is 2.18 bits per heavy atom. The van der Waals surface area contributed by atoms with Crippen molar-refractivity contribution in [2.45, 2.75) is 13.3 Å². The normalized spacial score (nSPS) is 16.6. The van der Waals surface area contributed by atoms with Crippen molar-refractivity contribution in [3.05, 3.63) is 23.8 Å². The van der Waals surface area contributed by atoms with E-state index in [1.54, 1.807) is 6.92 Å². The maximum absolute atomic E-state index is 11.3. The van der Waals surface area contributed by atoms with Crippen LogP contribution in [0.1, 0.15) is 23.7 Å². The lowest BCUT2D eigenvalue weighted by atomic mass is 10.1. The summed E-state index contributed by atoms with van der Waals surface area (Å²) in [6.07, 6.45) is 1.21. The summed E-state index contributed by atoms with van der Waals surface area (Å²) in [5, 5.41) is 0. The molecule has 17 heavy (non-hydrogen) atoms. The Labute approximate surface area is 106 Å². The molecule has 2 rings (SSSR count). The van der Waals surface area contributed by atoms with Gasteiger partial charge in [-0.2, -0.15) is 11.8 Å². The van der Waals surface area contributed by atoms with E-state index in [9.17, 15) is 4.79 Å². The van der Waals surface area contributed by atoms with E-state index >= 15 is 0 Å². The van der Waals surface area contributed by atoms with Gasteiger partial charge in [0.05, 0.1) is 0 Å². The molecule has 0 amide bonds. The molecule has 0 bridgehead atoms. The molecule has 0 saturated carbocycles. The van der Waals surface area contributed by atoms with Crippen LogP contribution in [0.25, 0.3) is 0 Å². The van der Waals surface area contributed by atoms with Crippen molar-refractivity contribution < 1.29 is 4.79 Å². The lowest BCUT2D eigenvalue weighted by Crippen LogP contribution is -2.25. The maximum Gasteiger partial charge on any atom is 0.161 e. The quantitative estimate of drug-likeness (QED) is 0.647. The second-order valence-corrected chi connectivity index (χ2v) is 5.51. The van der Waals surface area contributed by atoms with Gasteiger partial charge in [0, 0.05) is 35.8 Å². The van der Waals surface area contributed by atoms with Crippen molar-refractivity contribution in [2.24, 2.45) is 0 Å². The first kappa shape index (κ1) is 12.3. The van der Waals surface area contributed by atoms with Crippen LogP contribution in [0.3, 0.4) is 0 Å². The van der Waals surface area contributed by atoms with E-state index < -0.39 is 0 Å². The number of Topliss-reactive ketones (excluding diaryl/α,β-unsaturated/α-hetero) is 1. The van der Waals surface area contributed by atoms with Gasteiger partial charge in [0.25, 0.3) is 0 Å². The lowest BCUT2D eigenvalue weighted by molar-refractivity contribution is 0.101. The molecular weight excluding hydrogens is 232 g/mol. The highest BCUT2D eigenvalue weighted by molar-refractivity contribution is 7.99. The van der Waals surface area contributed by atoms with E-state index in [4.69, 9.17) is 5.73 Å². The topological polar surface area (TPSA) is 46.3 Å².